The minimum Gasteiger partial charge on any atom is -0.358 e. The van der Waals surface area contributed by atoms with E-state index >= 15 is 0 Å². The molecule has 0 unspecified atom stereocenters. The van der Waals surface area contributed by atoms with Gasteiger partial charge in [0.05, 0.1) is 9.52 Å². The van der Waals surface area contributed by atoms with E-state index in [-0.39, 0.29) is 40.7 Å². The Hall–Kier alpha value is -2.03. The van der Waals surface area contributed by atoms with Crippen molar-refractivity contribution in [3.8, 4) is 0 Å². The van der Waals surface area contributed by atoms with Crippen LogP contribution in [-0.2, 0) is 25.8 Å². The molecular formula is C34H42HfSi. The molecule has 0 aliphatic heterocycles. The van der Waals surface area contributed by atoms with Gasteiger partial charge in [0.15, 0.2) is 0 Å². The predicted molar refractivity (Wildman–Crippen MR) is 162 cm³/mol. The second-order valence-corrected chi connectivity index (χ2v) is 9.80. The van der Waals surface area contributed by atoms with Crippen LogP contribution < -0.4 is 5.19 Å². The predicted octanol–water partition coefficient (Wildman–Crippen LogP) is 9.81. The summed E-state index contributed by atoms with van der Waals surface area (Å²) in [5.74, 6) is 0. The summed E-state index contributed by atoms with van der Waals surface area (Å²) >= 11 is 0. The fourth-order valence-corrected chi connectivity index (χ4v) is 4.98. The Morgan fingerprint density at radius 1 is 0.556 bits per heavy atom. The molecule has 0 N–H and O–H groups in total. The van der Waals surface area contributed by atoms with E-state index < -0.39 is 0 Å². The maximum Gasteiger partial charge on any atom is 4.00 e. The van der Waals surface area contributed by atoms with Crippen molar-refractivity contribution in [2.45, 2.75) is 51.5 Å². The van der Waals surface area contributed by atoms with E-state index in [1.807, 2.05) is 0 Å². The fourth-order valence-electron chi connectivity index (χ4n) is 3.83. The summed E-state index contributed by atoms with van der Waals surface area (Å²) in [5, 5.41) is 6.84. The summed E-state index contributed by atoms with van der Waals surface area (Å²) in [6.45, 7) is 2.27. The number of unbranched alkanes of at least 4 members (excludes halogenated alkanes) is 5. The van der Waals surface area contributed by atoms with Crippen LogP contribution in [0.5, 0.6) is 0 Å². The fraction of sp³-hybridized carbons (Fsp3) is 0.235. The Kier molecular flexibility index (Phi) is 19.9. The van der Waals surface area contributed by atoms with Gasteiger partial charge in [-0.1, -0.05) is 99.1 Å². The molecule has 0 saturated carbocycles. The molecule has 186 valence electrons. The first-order chi connectivity index (χ1) is 16.4. The van der Waals surface area contributed by atoms with Gasteiger partial charge in [-0.15, -0.1) is 59.3 Å². The first-order valence-corrected chi connectivity index (χ1v) is 13.6. The van der Waals surface area contributed by atoms with Gasteiger partial charge in [0.25, 0.3) is 0 Å². The van der Waals surface area contributed by atoms with Crippen LogP contribution in [0.2, 0.25) is 6.04 Å². The second kappa shape index (κ2) is 21.1. The van der Waals surface area contributed by atoms with E-state index in [2.05, 4.69) is 122 Å². The molecule has 0 amide bonds. The molecule has 36 heavy (non-hydrogen) atoms. The third kappa shape index (κ3) is 12.8. The molecule has 0 nitrogen and oxygen atoms in total. The van der Waals surface area contributed by atoms with Gasteiger partial charge in [0.2, 0.25) is 0 Å². The molecule has 0 spiro atoms. The van der Waals surface area contributed by atoms with Crippen molar-refractivity contribution in [2.75, 3.05) is 0 Å². The van der Waals surface area contributed by atoms with Crippen molar-refractivity contribution in [2.24, 2.45) is 0 Å². The van der Waals surface area contributed by atoms with Crippen LogP contribution in [0, 0.1) is 14.9 Å². The topological polar surface area (TPSA) is 0 Å². The first kappa shape index (κ1) is 34.0. The number of hydrogen-bond donors (Lipinski definition) is 0. The van der Waals surface area contributed by atoms with Crippen LogP contribution >= 0.6 is 0 Å². The van der Waals surface area contributed by atoms with E-state index in [1.54, 1.807) is 0 Å². The normalized spacial score (nSPS) is 9.47. The van der Waals surface area contributed by atoms with Gasteiger partial charge in [0, 0.05) is 0 Å². The molecule has 0 atom stereocenters. The standard InChI is InChI=1S/C14H22Si.2C9H7.2CH3.Hf/c1-2-3-4-5-6-10-13-15-14-11-8-7-9-12-14;2*1-2-5-9-7-3-6-8(9)4-1;;;/h7-9,11-12H,2-6,10,13H2,1H3;2*1-7H;2*1H3;/q;4*-1;+4. The van der Waals surface area contributed by atoms with Crippen LogP contribution in [0.15, 0.2) is 115 Å². The molecule has 0 bridgehead atoms. The van der Waals surface area contributed by atoms with Crippen molar-refractivity contribution >= 4 is 36.3 Å². The largest absolute Gasteiger partial charge is 4.00 e. The van der Waals surface area contributed by atoms with Gasteiger partial charge < -0.3 is 14.9 Å². The third-order valence-corrected chi connectivity index (χ3v) is 7.07. The average Bonchev–Trinajstić information content (AvgIpc) is 3.54. The Balaban J connectivity index is 0.000000509. The van der Waals surface area contributed by atoms with E-state index in [9.17, 15) is 0 Å². The summed E-state index contributed by atoms with van der Waals surface area (Å²) in [6.07, 6.45) is 8.49. The summed E-state index contributed by atoms with van der Waals surface area (Å²) in [6, 6.07) is 41.6. The second-order valence-electron chi connectivity index (χ2n) is 8.37. The molecule has 5 rings (SSSR count). The van der Waals surface area contributed by atoms with Gasteiger partial charge >= 0.3 is 25.8 Å². The summed E-state index contributed by atoms with van der Waals surface area (Å²) in [4.78, 5) is 0. The molecule has 5 aromatic carbocycles. The number of benzene rings is 3. The Morgan fingerprint density at radius 2 is 1.03 bits per heavy atom. The molecule has 0 fully saturated rings. The van der Waals surface area contributed by atoms with Crippen molar-refractivity contribution in [1.29, 1.82) is 0 Å². The molecule has 0 heterocycles. The van der Waals surface area contributed by atoms with Gasteiger partial charge in [-0.3, -0.25) is 0 Å². The quantitative estimate of drug-likeness (QED) is 0.0886. The van der Waals surface area contributed by atoms with Gasteiger partial charge in [0.1, 0.15) is 0 Å². The Morgan fingerprint density at radius 3 is 1.56 bits per heavy atom. The van der Waals surface area contributed by atoms with Crippen LogP contribution in [0.4, 0.5) is 0 Å². The maximum absolute atomic E-state index is 2.27. The molecule has 2 radical (unpaired) electrons. The minimum absolute atomic E-state index is 0. The summed E-state index contributed by atoms with van der Waals surface area (Å²) in [7, 11) is 1.02. The summed E-state index contributed by atoms with van der Waals surface area (Å²) < 4.78 is 0. The Labute approximate surface area is 242 Å². The van der Waals surface area contributed by atoms with Crippen molar-refractivity contribution in [3.05, 3.63) is 130 Å². The summed E-state index contributed by atoms with van der Waals surface area (Å²) in [5.41, 5.74) is 0. The Bertz CT molecular complexity index is 1010. The smallest absolute Gasteiger partial charge is 0.358 e. The number of fused-ring (bicyclic) bond motifs is 2. The molecule has 0 aliphatic rings. The van der Waals surface area contributed by atoms with Crippen LogP contribution in [0.25, 0.3) is 21.5 Å². The molecule has 2 heteroatoms. The zero-order valence-electron chi connectivity index (χ0n) is 22.4. The number of rotatable bonds is 8. The zero-order chi connectivity index (χ0) is 23.0. The SMILES string of the molecule is CCCCCCCC[Si]c1ccccc1.[CH3-].[CH3-].[Hf+4].c1ccc2[cH-]ccc2c1.c1ccc2[cH-]ccc2c1. The number of hydrogen-bond acceptors (Lipinski definition) is 0. The van der Waals surface area contributed by atoms with E-state index in [0.29, 0.717) is 0 Å². The van der Waals surface area contributed by atoms with Gasteiger partial charge in [-0.2, -0.15) is 35.0 Å². The maximum atomic E-state index is 2.27. The van der Waals surface area contributed by atoms with Crippen molar-refractivity contribution in [1.82, 2.24) is 0 Å². The third-order valence-electron chi connectivity index (χ3n) is 5.73. The zero-order valence-corrected chi connectivity index (χ0v) is 27.0. The molecule has 5 aromatic rings. The van der Waals surface area contributed by atoms with Crippen LogP contribution in [0.1, 0.15) is 45.4 Å². The van der Waals surface area contributed by atoms with Crippen LogP contribution in [-0.4, -0.2) is 9.52 Å². The molecular weight excluding hydrogens is 615 g/mol. The molecule has 0 aliphatic carbocycles. The molecule has 0 saturated heterocycles. The van der Waals surface area contributed by atoms with Crippen LogP contribution in [0.3, 0.4) is 0 Å². The monoisotopic (exact) mass is 658 g/mol. The van der Waals surface area contributed by atoms with Crippen molar-refractivity contribution < 1.29 is 25.8 Å². The van der Waals surface area contributed by atoms with Gasteiger partial charge in [-0.05, 0) is 0 Å². The molecule has 0 aromatic heterocycles. The van der Waals surface area contributed by atoms with Gasteiger partial charge in [-0.25, -0.2) is 0 Å². The van der Waals surface area contributed by atoms with E-state index in [4.69, 9.17) is 0 Å². The average molecular weight is 657 g/mol. The van der Waals surface area contributed by atoms with E-state index in [1.165, 1.54) is 71.3 Å². The van der Waals surface area contributed by atoms with Crippen molar-refractivity contribution in [3.63, 3.8) is 0 Å². The first-order valence-electron chi connectivity index (χ1n) is 12.4. The minimum atomic E-state index is 0. The van der Waals surface area contributed by atoms with E-state index in [0.717, 1.165) is 9.52 Å².